The molecule has 2 rings (SSSR count). The van der Waals surface area contributed by atoms with Crippen LogP contribution in [0.15, 0.2) is 48.5 Å². The molecule has 0 bridgehead atoms. The zero-order valence-electron chi connectivity index (χ0n) is 15.5. The number of amides is 2. The molecule has 2 aromatic carbocycles. The quantitative estimate of drug-likeness (QED) is 0.720. The van der Waals surface area contributed by atoms with Gasteiger partial charge in [0.1, 0.15) is 0 Å². The third-order valence-electron chi connectivity index (χ3n) is 4.26. The van der Waals surface area contributed by atoms with Crippen molar-refractivity contribution in [1.29, 1.82) is 0 Å². The molecule has 0 aliphatic carbocycles. The Kier molecular flexibility index (Phi) is 7.22. The third-order valence-corrected chi connectivity index (χ3v) is 4.51. The average molecular weight is 373 g/mol. The summed E-state index contributed by atoms with van der Waals surface area (Å²) in [7, 11) is 0. The van der Waals surface area contributed by atoms with E-state index in [1.807, 2.05) is 50.2 Å². The number of carbonyl (C=O) groups excluding carboxylic acids is 2. The van der Waals surface area contributed by atoms with Gasteiger partial charge in [0.25, 0.3) is 0 Å². The van der Waals surface area contributed by atoms with E-state index >= 15 is 0 Å². The van der Waals surface area contributed by atoms with Gasteiger partial charge in [-0.15, -0.1) is 0 Å². The standard InChI is InChI=1S/C21H25ClN2O2/c1-4-24(20-7-5-6-16(2)14-20)21(26)12-13-23(17(3)25)15-18-8-10-19(22)11-9-18/h5-11,14H,4,12-13,15H2,1-3H3. The summed E-state index contributed by atoms with van der Waals surface area (Å²) in [5.74, 6) is -0.0354. The van der Waals surface area contributed by atoms with Gasteiger partial charge in [0.15, 0.2) is 0 Å². The summed E-state index contributed by atoms with van der Waals surface area (Å²) in [5.41, 5.74) is 2.99. The topological polar surface area (TPSA) is 40.6 Å². The highest BCUT2D eigenvalue weighted by Crippen LogP contribution is 2.17. The van der Waals surface area contributed by atoms with Crippen molar-refractivity contribution in [2.45, 2.75) is 33.7 Å². The van der Waals surface area contributed by atoms with Crippen LogP contribution in [0.3, 0.4) is 0 Å². The second-order valence-electron chi connectivity index (χ2n) is 6.29. The molecule has 138 valence electrons. The van der Waals surface area contributed by atoms with Crippen molar-refractivity contribution in [3.05, 3.63) is 64.7 Å². The molecule has 0 N–H and O–H groups in total. The van der Waals surface area contributed by atoms with Gasteiger partial charge in [0.2, 0.25) is 11.8 Å². The second kappa shape index (κ2) is 9.39. The summed E-state index contributed by atoms with van der Waals surface area (Å²) in [5, 5.41) is 0.662. The zero-order chi connectivity index (χ0) is 19.1. The molecule has 0 aromatic heterocycles. The van der Waals surface area contributed by atoms with Gasteiger partial charge >= 0.3 is 0 Å². The second-order valence-corrected chi connectivity index (χ2v) is 6.73. The van der Waals surface area contributed by atoms with Crippen LogP contribution in [-0.2, 0) is 16.1 Å². The van der Waals surface area contributed by atoms with E-state index in [4.69, 9.17) is 11.6 Å². The maximum Gasteiger partial charge on any atom is 0.228 e. The zero-order valence-corrected chi connectivity index (χ0v) is 16.3. The smallest absolute Gasteiger partial charge is 0.228 e. The van der Waals surface area contributed by atoms with E-state index in [2.05, 4.69) is 0 Å². The highest BCUT2D eigenvalue weighted by Gasteiger charge is 2.17. The molecular formula is C21H25ClN2O2. The molecule has 0 unspecified atom stereocenters. The van der Waals surface area contributed by atoms with Crippen molar-refractivity contribution in [3.63, 3.8) is 0 Å². The number of hydrogen-bond acceptors (Lipinski definition) is 2. The summed E-state index contributed by atoms with van der Waals surface area (Å²) in [6, 6.07) is 15.3. The van der Waals surface area contributed by atoms with Crippen molar-refractivity contribution in [2.75, 3.05) is 18.0 Å². The molecule has 0 aliphatic rings. The van der Waals surface area contributed by atoms with Crippen LogP contribution in [0.1, 0.15) is 31.4 Å². The van der Waals surface area contributed by atoms with E-state index in [0.717, 1.165) is 16.8 Å². The minimum absolute atomic E-state index is 0.0143. The lowest BCUT2D eigenvalue weighted by molar-refractivity contribution is -0.130. The Balaban J connectivity index is 2.01. The monoisotopic (exact) mass is 372 g/mol. The van der Waals surface area contributed by atoms with Crippen LogP contribution in [0, 0.1) is 6.92 Å². The Morgan fingerprint density at radius 1 is 1.08 bits per heavy atom. The number of anilines is 1. The third kappa shape index (κ3) is 5.60. The molecule has 0 atom stereocenters. The number of nitrogens with zero attached hydrogens (tertiary/aromatic N) is 2. The van der Waals surface area contributed by atoms with Gasteiger partial charge in [-0.1, -0.05) is 35.9 Å². The first kappa shape index (κ1) is 20.0. The predicted molar refractivity (Wildman–Crippen MR) is 106 cm³/mol. The van der Waals surface area contributed by atoms with E-state index in [-0.39, 0.29) is 18.2 Å². The van der Waals surface area contributed by atoms with Crippen molar-refractivity contribution < 1.29 is 9.59 Å². The van der Waals surface area contributed by atoms with E-state index in [9.17, 15) is 9.59 Å². The lowest BCUT2D eigenvalue weighted by Crippen LogP contribution is -2.36. The van der Waals surface area contributed by atoms with Crippen LogP contribution in [0.25, 0.3) is 0 Å². The van der Waals surface area contributed by atoms with E-state index in [1.165, 1.54) is 6.92 Å². The predicted octanol–water partition coefficient (Wildman–Crippen LogP) is 4.44. The molecule has 2 amide bonds. The summed E-state index contributed by atoms with van der Waals surface area (Å²) in [4.78, 5) is 28.1. The number of hydrogen-bond donors (Lipinski definition) is 0. The molecule has 0 saturated heterocycles. The van der Waals surface area contributed by atoms with Crippen LogP contribution in [-0.4, -0.2) is 29.8 Å². The fourth-order valence-corrected chi connectivity index (χ4v) is 2.95. The fourth-order valence-electron chi connectivity index (χ4n) is 2.82. The van der Waals surface area contributed by atoms with Crippen LogP contribution in [0.2, 0.25) is 5.02 Å². The number of carbonyl (C=O) groups is 2. The van der Waals surface area contributed by atoms with E-state index < -0.39 is 0 Å². The number of rotatable bonds is 7. The van der Waals surface area contributed by atoms with Gasteiger partial charge < -0.3 is 9.80 Å². The van der Waals surface area contributed by atoms with Crippen molar-refractivity contribution in [1.82, 2.24) is 4.90 Å². The lowest BCUT2D eigenvalue weighted by Gasteiger charge is -2.25. The molecule has 0 saturated carbocycles. The normalized spacial score (nSPS) is 10.5. The Hall–Kier alpha value is -2.33. The minimum Gasteiger partial charge on any atom is -0.338 e. The maximum atomic E-state index is 12.7. The molecule has 2 aromatic rings. The first-order valence-corrected chi connectivity index (χ1v) is 9.15. The van der Waals surface area contributed by atoms with Crippen LogP contribution < -0.4 is 4.90 Å². The molecular weight excluding hydrogens is 348 g/mol. The Bertz CT molecular complexity index is 759. The summed E-state index contributed by atoms with van der Waals surface area (Å²) in [6.45, 7) is 6.94. The molecule has 0 heterocycles. The Morgan fingerprint density at radius 2 is 1.77 bits per heavy atom. The lowest BCUT2D eigenvalue weighted by atomic mass is 10.2. The Morgan fingerprint density at radius 3 is 2.35 bits per heavy atom. The average Bonchev–Trinajstić information content (AvgIpc) is 2.60. The molecule has 0 spiro atoms. The van der Waals surface area contributed by atoms with Gasteiger partial charge in [-0.2, -0.15) is 0 Å². The first-order valence-electron chi connectivity index (χ1n) is 8.77. The minimum atomic E-state index is -0.0497. The van der Waals surface area contributed by atoms with Gasteiger partial charge in [0.05, 0.1) is 0 Å². The van der Waals surface area contributed by atoms with Gasteiger partial charge in [0, 0.05) is 43.7 Å². The number of aryl methyl sites for hydroxylation is 1. The number of benzene rings is 2. The molecule has 0 radical (unpaired) electrons. The molecule has 0 aliphatic heterocycles. The highest BCUT2D eigenvalue weighted by atomic mass is 35.5. The first-order chi connectivity index (χ1) is 12.4. The highest BCUT2D eigenvalue weighted by molar-refractivity contribution is 6.30. The summed E-state index contributed by atoms with van der Waals surface area (Å²) in [6.07, 6.45) is 0.287. The molecule has 5 heteroatoms. The van der Waals surface area contributed by atoms with Crippen molar-refractivity contribution in [3.8, 4) is 0 Å². The van der Waals surface area contributed by atoms with E-state index in [0.29, 0.717) is 24.7 Å². The SMILES string of the molecule is CCN(C(=O)CCN(Cc1ccc(Cl)cc1)C(C)=O)c1cccc(C)c1. The number of halogens is 1. The van der Waals surface area contributed by atoms with Gasteiger partial charge in [-0.25, -0.2) is 0 Å². The molecule has 0 fully saturated rings. The Labute approximate surface area is 160 Å². The maximum absolute atomic E-state index is 12.7. The van der Waals surface area contributed by atoms with Crippen LogP contribution >= 0.6 is 11.6 Å². The molecule has 26 heavy (non-hydrogen) atoms. The largest absolute Gasteiger partial charge is 0.338 e. The fraction of sp³-hybridized carbons (Fsp3) is 0.333. The summed E-state index contributed by atoms with van der Waals surface area (Å²) < 4.78 is 0. The van der Waals surface area contributed by atoms with Crippen LogP contribution in [0.4, 0.5) is 5.69 Å². The summed E-state index contributed by atoms with van der Waals surface area (Å²) >= 11 is 5.90. The van der Waals surface area contributed by atoms with Gasteiger partial charge in [-0.3, -0.25) is 9.59 Å². The van der Waals surface area contributed by atoms with Crippen molar-refractivity contribution >= 4 is 29.1 Å². The van der Waals surface area contributed by atoms with Crippen molar-refractivity contribution in [2.24, 2.45) is 0 Å². The van der Waals surface area contributed by atoms with Crippen LogP contribution in [0.5, 0.6) is 0 Å². The van der Waals surface area contributed by atoms with Gasteiger partial charge in [-0.05, 0) is 49.2 Å². The van der Waals surface area contributed by atoms with E-state index in [1.54, 1.807) is 21.9 Å². The molecule has 4 nitrogen and oxygen atoms in total.